The summed E-state index contributed by atoms with van der Waals surface area (Å²) in [4.78, 5) is 30.7. The number of carbonyl (C=O) groups excluding carboxylic acids is 1. The fraction of sp³-hybridized carbons (Fsp3) is 0.600. The molecule has 0 aromatic carbocycles. The van der Waals surface area contributed by atoms with E-state index in [1.54, 1.807) is 12.3 Å². The van der Waals surface area contributed by atoms with Crippen molar-refractivity contribution in [1.29, 1.82) is 0 Å². The van der Waals surface area contributed by atoms with Crippen molar-refractivity contribution >= 4 is 11.7 Å². The van der Waals surface area contributed by atoms with E-state index < -0.39 is 0 Å². The lowest BCUT2D eigenvalue weighted by Crippen LogP contribution is -2.49. The second-order valence-electron chi connectivity index (χ2n) is 5.62. The van der Waals surface area contributed by atoms with Crippen LogP contribution in [-0.4, -0.2) is 54.7 Å². The molecule has 1 unspecified atom stereocenters. The third-order valence-corrected chi connectivity index (χ3v) is 4.16. The van der Waals surface area contributed by atoms with E-state index in [1.807, 2.05) is 4.90 Å². The molecule has 21 heavy (non-hydrogen) atoms. The molecule has 2 aliphatic rings. The maximum absolute atomic E-state index is 12.2. The number of piperazine rings is 1. The number of nitrogens with one attached hydrogen (secondary N) is 1. The van der Waals surface area contributed by atoms with E-state index in [0.717, 1.165) is 38.4 Å². The summed E-state index contributed by atoms with van der Waals surface area (Å²) in [6.45, 7) is 3.67. The molecule has 0 spiro atoms. The molecular weight excluding hydrogens is 270 g/mol. The van der Waals surface area contributed by atoms with E-state index in [0.29, 0.717) is 19.5 Å². The number of aromatic nitrogens is 1. The van der Waals surface area contributed by atoms with E-state index in [9.17, 15) is 9.59 Å². The van der Waals surface area contributed by atoms with Crippen LogP contribution < -0.4 is 10.3 Å². The van der Waals surface area contributed by atoms with Crippen molar-refractivity contribution in [2.75, 3.05) is 37.7 Å². The van der Waals surface area contributed by atoms with Gasteiger partial charge >= 0.3 is 0 Å². The Balaban J connectivity index is 1.52. The quantitative estimate of drug-likeness (QED) is 0.885. The first-order chi connectivity index (χ1) is 10.2. The Morgan fingerprint density at radius 2 is 2.14 bits per heavy atom. The van der Waals surface area contributed by atoms with E-state index in [-0.39, 0.29) is 17.4 Å². The summed E-state index contributed by atoms with van der Waals surface area (Å²) in [5.41, 5.74) is 0.000591. The van der Waals surface area contributed by atoms with Crippen molar-refractivity contribution in [3.05, 3.63) is 28.6 Å². The molecule has 2 fully saturated rings. The van der Waals surface area contributed by atoms with Crippen LogP contribution in [0.4, 0.5) is 5.82 Å². The third kappa shape index (κ3) is 3.44. The predicted molar refractivity (Wildman–Crippen MR) is 79.4 cm³/mol. The third-order valence-electron chi connectivity index (χ3n) is 4.16. The molecule has 1 amide bonds. The number of carbonyl (C=O) groups is 1. The molecule has 6 nitrogen and oxygen atoms in total. The minimum absolute atomic E-state index is 0.000591. The fourth-order valence-corrected chi connectivity index (χ4v) is 2.94. The zero-order chi connectivity index (χ0) is 14.7. The Morgan fingerprint density at radius 1 is 1.33 bits per heavy atom. The summed E-state index contributed by atoms with van der Waals surface area (Å²) in [5.74, 6) is 1.01. The highest BCUT2D eigenvalue weighted by atomic mass is 16.5. The highest BCUT2D eigenvalue weighted by Gasteiger charge is 2.25. The van der Waals surface area contributed by atoms with Gasteiger partial charge in [-0.1, -0.05) is 0 Å². The van der Waals surface area contributed by atoms with Gasteiger partial charge in [0, 0.05) is 51.1 Å². The SMILES string of the molecule is O=C(CC1CCCO1)N1CCN(c2cc(=O)cc[nH]2)CC1. The van der Waals surface area contributed by atoms with Gasteiger partial charge in [0.1, 0.15) is 5.82 Å². The lowest BCUT2D eigenvalue weighted by Gasteiger charge is -2.36. The average molecular weight is 291 g/mol. The molecule has 6 heteroatoms. The molecule has 2 aliphatic heterocycles. The zero-order valence-corrected chi connectivity index (χ0v) is 12.1. The van der Waals surface area contributed by atoms with Crippen LogP contribution in [0.15, 0.2) is 23.1 Å². The summed E-state index contributed by atoms with van der Waals surface area (Å²) in [5, 5.41) is 0. The Kier molecular flexibility index (Phi) is 4.24. The molecule has 2 saturated heterocycles. The Hall–Kier alpha value is -1.82. The molecule has 1 atom stereocenters. The molecule has 0 aliphatic carbocycles. The van der Waals surface area contributed by atoms with Crippen LogP contribution in [0.5, 0.6) is 0 Å². The smallest absolute Gasteiger partial charge is 0.225 e. The number of hydrogen-bond acceptors (Lipinski definition) is 4. The van der Waals surface area contributed by atoms with Crippen LogP contribution in [0.25, 0.3) is 0 Å². The molecule has 3 rings (SSSR count). The Morgan fingerprint density at radius 3 is 2.81 bits per heavy atom. The Bertz CT molecular complexity index is 543. The van der Waals surface area contributed by atoms with Crippen molar-refractivity contribution < 1.29 is 9.53 Å². The number of amides is 1. The number of aromatic amines is 1. The van der Waals surface area contributed by atoms with Crippen molar-refractivity contribution in [3.8, 4) is 0 Å². The topological polar surface area (TPSA) is 65.6 Å². The number of H-pyrrole nitrogens is 1. The van der Waals surface area contributed by atoms with Gasteiger partial charge in [-0.15, -0.1) is 0 Å². The molecule has 0 radical (unpaired) electrons. The maximum Gasteiger partial charge on any atom is 0.225 e. The molecule has 0 saturated carbocycles. The van der Waals surface area contributed by atoms with Crippen LogP contribution in [-0.2, 0) is 9.53 Å². The van der Waals surface area contributed by atoms with Crippen molar-refractivity contribution in [1.82, 2.24) is 9.88 Å². The number of ether oxygens (including phenoxy) is 1. The minimum atomic E-state index is 0.000591. The van der Waals surface area contributed by atoms with Gasteiger partial charge in [0.05, 0.1) is 12.5 Å². The van der Waals surface area contributed by atoms with Gasteiger partial charge in [0.15, 0.2) is 5.43 Å². The van der Waals surface area contributed by atoms with Crippen LogP contribution >= 0.6 is 0 Å². The van der Waals surface area contributed by atoms with Crippen molar-refractivity contribution in [2.24, 2.45) is 0 Å². The number of hydrogen-bond donors (Lipinski definition) is 1. The first-order valence-electron chi connectivity index (χ1n) is 7.55. The number of rotatable bonds is 3. The summed E-state index contributed by atoms with van der Waals surface area (Å²) in [7, 11) is 0. The van der Waals surface area contributed by atoms with Gasteiger partial charge in [0.25, 0.3) is 0 Å². The van der Waals surface area contributed by atoms with Crippen LogP contribution in [0.2, 0.25) is 0 Å². The average Bonchev–Trinajstić information content (AvgIpc) is 3.00. The lowest BCUT2D eigenvalue weighted by molar-refractivity contribution is -0.133. The molecular formula is C15H21N3O3. The summed E-state index contributed by atoms with van der Waals surface area (Å²) in [6, 6.07) is 3.11. The van der Waals surface area contributed by atoms with Crippen LogP contribution in [0.1, 0.15) is 19.3 Å². The first kappa shape index (κ1) is 14.1. The Labute approximate surface area is 123 Å². The molecule has 1 N–H and O–H groups in total. The predicted octanol–water partition coefficient (Wildman–Crippen LogP) is 0.593. The van der Waals surface area contributed by atoms with Gasteiger partial charge in [0.2, 0.25) is 5.91 Å². The highest BCUT2D eigenvalue weighted by molar-refractivity contribution is 5.77. The number of nitrogens with zero attached hydrogens (tertiary/aromatic N) is 2. The summed E-state index contributed by atoms with van der Waals surface area (Å²) in [6.07, 6.45) is 4.33. The summed E-state index contributed by atoms with van der Waals surface area (Å²) < 4.78 is 5.52. The van der Waals surface area contributed by atoms with Gasteiger partial charge in [-0.3, -0.25) is 9.59 Å². The largest absolute Gasteiger partial charge is 0.378 e. The fourth-order valence-electron chi connectivity index (χ4n) is 2.94. The first-order valence-corrected chi connectivity index (χ1v) is 7.55. The molecule has 0 bridgehead atoms. The summed E-state index contributed by atoms with van der Waals surface area (Å²) >= 11 is 0. The standard InChI is InChI=1S/C15H21N3O3/c19-12-3-4-16-14(10-12)17-5-7-18(8-6-17)15(20)11-13-2-1-9-21-13/h3-4,10,13H,1-2,5-9,11H2,(H,16,19). The maximum atomic E-state index is 12.2. The molecule has 1 aromatic heterocycles. The minimum Gasteiger partial charge on any atom is -0.378 e. The van der Waals surface area contributed by atoms with E-state index in [4.69, 9.17) is 4.74 Å². The normalized spacial score (nSPS) is 22.6. The molecule has 3 heterocycles. The number of anilines is 1. The van der Waals surface area contributed by atoms with Crippen LogP contribution in [0, 0.1) is 0 Å². The van der Waals surface area contributed by atoms with Crippen molar-refractivity contribution in [2.45, 2.75) is 25.4 Å². The second-order valence-corrected chi connectivity index (χ2v) is 5.62. The van der Waals surface area contributed by atoms with Crippen LogP contribution in [0.3, 0.4) is 0 Å². The lowest BCUT2D eigenvalue weighted by atomic mass is 10.1. The van der Waals surface area contributed by atoms with Crippen molar-refractivity contribution in [3.63, 3.8) is 0 Å². The van der Waals surface area contributed by atoms with Gasteiger partial charge in [-0.25, -0.2) is 0 Å². The highest BCUT2D eigenvalue weighted by Crippen LogP contribution is 2.18. The molecule has 114 valence electrons. The second kappa shape index (κ2) is 6.30. The molecule has 1 aromatic rings. The van der Waals surface area contributed by atoms with Gasteiger partial charge < -0.3 is 19.5 Å². The van der Waals surface area contributed by atoms with E-state index in [1.165, 1.54) is 6.07 Å². The monoisotopic (exact) mass is 291 g/mol. The van der Waals surface area contributed by atoms with E-state index in [2.05, 4.69) is 9.88 Å². The van der Waals surface area contributed by atoms with Gasteiger partial charge in [-0.05, 0) is 12.8 Å². The number of pyridine rings is 1. The van der Waals surface area contributed by atoms with E-state index >= 15 is 0 Å². The zero-order valence-electron chi connectivity index (χ0n) is 12.1. The van der Waals surface area contributed by atoms with Gasteiger partial charge in [-0.2, -0.15) is 0 Å².